The molecule has 0 radical (unpaired) electrons. The number of likely N-dealkylation sites (tertiary alicyclic amines) is 1. The van der Waals surface area contributed by atoms with Gasteiger partial charge in [-0.2, -0.15) is 0 Å². The SMILES string of the molecule is Cc1ccc2[nH]c(C(=O)N3CCN(C(=O)CN4CC(F)(F)C4)CC3C)c(F)c2c1Cl. The number of rotatable bonds is 3. The number of aryl methyl sites for hydroxylation is 1. The van der Waals surface area contributed by atoms with Gasteiger partial charge in [-0.05, 0) is 25.5 Å². The van der Waals surface area contributed by atoms with E-state index < -0.39 is 30.7 Å². The summed E-state index contributed by atoms with van der Waals surface area (Å²) in [5.41, 5.74) is 0.993. The molecule has 10 heteroatoms. The zero-order chi connectivity index (χ0) is 21.8. The van der Waals surface area contributed by atoms with Crippen LogP contribution in [0.1, 0.15) is 23.0 Å². The van der Waals surface area contributed by atoms with Crippen LogP contribution in [0.2, 0.25) is 5.02 Å². The van der Waals surface area contributed by atoms with E-state index >= 15 is 0 Å². The number of hydrogen-bond acceptors (Lipinski definition) is 3. The molecule has 1 N–H and O–H groups in total. The third-order valence-corrected chi connectivity index (χ3v) is 6.24. The van der Waals surface area contributed by atoms with Crippen LogP contribution in [0.4, 0.5) is 13.2 Å². The molecule has 0 bridgehead atoms. The summed E-state index contributed by atoms with van der Waals surface area (Å²) in [7, 11) is 0. The van der Waals surface area contributed by atoms with Crippen molar-refractivity contribution in [3.8, 4) is 0 Å². The number of carbonyl (C=O) groups excluding carboxylic acids is 2. The summed E-state index contributed by atoms with van der Waals surface area (Å²) >= 11 is 6.21. The van der Waals surface area contributed by atoms with Crippen LogP contribution >= 0.6 is 11.6 Å². The fourth-order valence-electron chi connectivity index (χ4n) is 4.10. The van der Waals surface area contributed by atoms with Gasteiger partial charge in [0, 0.05) is 25.7 Å². The molecular weight excluding hydrogens is 421 g/mol. The summed E-state index contributed by atoms with van der Waals surface area (Å²) in [5.74, 6) is -4.15. The minimum Gasteiger partial charge on any atom is -0.348 e. The normalized spacial score (nSPS) is 21.7. The van der Waals surface area contributed by atoms with E-state index in [4.69, 9.17) is 11.6 Å². The Morgan fingerprint density at radius 3 is 2.60 bits per heavy atom. The number of nitrogens with one attached hydrogen (secondary N) is 1. The number of amides is 2. The minimum absolute atomic E-state index is 0.0647. The van der Waals surface area contributed by atoms with E-state index in [-0.39, 0.29) is 54.2 Å². The van der Waals surface area contributed by atoms with Crippen LogP contribution in [0.5, 0.6) is 0 Å². The van der Waals surface area contributed by atoms with Gasteiger partial charge in [0.15, 0.2) is 5.82 Å². The Morgan fingerprint density at radius 1 is 1.27 bits per heavy atom. The maximum Gasteiger partial charge on any atom is 0.273 e. The van der Waals surface area contributed by atoms with Crippen molar-refractivity contribution in [3.63, 3.8) is 0 Å². The number of benzene rings is 1. The second-order valence-corrected chi connectivity index (χ2v) is 8.50. The lowest BCUT2D eigenvalue weighted by Crippen LogP contribution is -2.61. The van der Waals surface area contributed by atoms with Crippen molar-refractivity contribution in [1.29, 1.82) is 0 Å². The molecule has 162 valence electrons. The van der Waals surface area contributed by atoms with Crippen molar-refractivity contribution >= 4 is 34.3 Å². The van der Waals surface area contributed by atoms with Crippen LogP contribution in [0.15, 0.2) is 12.1 Å². The molecule has 2 amide bonds. The lowest BCUT2D eigenvalue weighted by atomic mass is 10.1. The second-order valence-electron chi connectivity index (χ2n) is 8.12. The number of carbonyl (C=O) groups is 2. The molecule has 30 heavy (non-hydrogen) atoms. The van der Waals surface area contributed by atoms with Crippen LogP contribution in [-0.4, -0.2) is 82.7 Å². The summed E-state index contributed by atoms with van der Waals surface area (Å²) in [4.78, 5) is 32.7. The van der Waals surface area contributed by atoms with Gasteiger partial charge in [-0.15, -0.1) is 0 Å². The molecule has 4 rings (SSSR count). The molecule has 2 saturated heterocycles. The molecule has 3 heterocycles. The molecule has 6 nitrogen and oxygen atoms in total. The summed E-state index contributed by atoms with van der Waals surface area (Å²) in [6, 6.07) is 3.07. The van der Waals surface area contributed by atoms with Gasteiger partial charge in [-0.25, -0.2) is 13.2 Å². The van der Waals surface area contributed by atoms with Gasteiger partial charge in [-0.1, -0.05) is 17.7 Å². The lowest BCUT2D eigenvalue weighted by molar-refractivity contribution is -0.152. The highest BCUT2D eigenvalue weighted by Gasteiger charge is 2.45. The number of hydrogen-bond donors (Lipinski definition) is 1. The highest BCUT2D eigenvalue weighted by atomic mass is 35.5. The molecule has 1 atom stereocenters. The number of fused-ring (bicyclic) bond motifs is 1. The molecule has 2 fully saturated rings. The molecule has 1 unspecified atom stereocenters. The molecule has 0 spiro atoms. The number of aromatic nitrogens is 1. The predicted octanol–water partition coefficient (Wildman–Crippen LogP) is 2.89. The number of nitrogens with zero attached hydrogens (tertiary/aromatic N) is 3. The fourth-order valence-corrected chi connectivity index (χ4v) is 4.35. The maximum atomic E-state index is 15.0. The van der Waals surface area contributed by atoms with Crippen molar-refractivity contribution in [2.24, 2.45) is 0 Å². The molecule has 1 aromatic carbocycles. The first kappa shape index (κ1) is 21.0. The Labute approximate surface area is 176 Å². The Bertz CT molecular complexity index is 1020. The molecule has 2 aliphatic rings. The number of aromatic amines is 1. The van der Waals surface area contributed by atoms with Crippen LogP contribution in [0.3, 0.4) is 0 Å². The quantitative estimate of drug-likeness (QED) is 0.795. The summed E-state index contributed by atoms with van der Waals surface area (Å²) in [6.45, 7) is 3.40. The van der Waals surface area contributed by atoms with Gasteiger partial charge >= 0.3 is 0 Å². The Kier molecular flexibility index (Phi) is 5.22. The maximum absolute atomic E-state index is 15.0. The molecular formula is C20H22ClF3N4O2. The van der Waals surface area contributed by atoms with Crippen molar-refractivity contribution < 1.29 is 22.8 Å². The fraction of sp³-hybridized carbons (Fsp3) is 0.500. The van der Waals surface area contributed by atoms with Gasteiger partial charge in [0.25, 0.3) is 11.8 Å². The first-order valence-corrected chi connectivity index (χ1v) is 10.1. The minimum atomic E-state index is -2.72. The molecule has 2 aliphatic heterocycles. The smallest absolute Gasteiger partial charge is 0.273 e. The van der Waals surface area contributed by atoms with Gasteiger partial charge in [0.2, 0.25) is 5.91 Å². The van der Waals surface area contributed by atoms with Crippen LogP contribution in [0, 0.1) is 12.7 Å². The third-order valence-electron chi connectivity index (χ3n) is 5.76. The second kappa shape index (κ2) is 7.46. The van der Waals surface area contributed by atoms with Gasteiger partial charge in [0.1, 0.15) is 5.69 Å². The van der Waals surface area contributed by atoms with E-state index in [9.17, 15) is 22.8 Å². The monoisotopic (exact) mass is 442 g/mol. The van der Waals surface area contributed by atoms with E-state index in [1.54, 1.807) is 30.9 Å². The highest BCUT2D eigenvalue weighted by molar-refractivity contribution is 6.36. The Balaban J connectivity index is 1.44. The third kappa shape index (κ3) is 3.65. The van der Waals surface area contributed by atoms with Crippen LogP contribution < -0.4 is 0 Å². The van der Waals surface area contributed by atoms with Crippen molar-refractivity contribution in [3.05, 3.63) is 34.2 Å². The zero-order valence-electron chi connectivity index (χ0n) is 16.6. The van der Waals surface area contributed by atoms with Crippen molar-refractivity contribution in [2.75, 3.05) is 39.3 Å². The van der Waals surface area contributed by atoms with E-state index in [1.165, 1.54) is 9.80 Å². The summed E-state index contributed by atoms with van der Waals surface area (Å²) < 4.78 is 40.9. The van der Waals surface area contributed by atoms with E-state index in [1.807, 2.05) is 0 Å². The first-order valence-electron chi connectivity index (χ1n) is 9.72. The average molecular weight is 443 g/mol. The summed E-state index contributed by atoms with van der Waals surface area (Å²) in [6.07, 6.45) is 0. The summed E-state index contributed by atoms with van der Waals surface area (Å²) in [5, 5.41) is 0.452. The predicted molar refractivity (Wildman–Crippen MR) is 106 cm³/mol. The molecule has 0 aliphatic carbocycles. The van der Waals surface area contributed by atoms with Gasteiger partial charge in [-0.3, -0.25) is 14.5 Å². The highest BCUT2D eigenvalue weighted by Crippen LogP contribution is 2.32. The van der Waals surface area contributed by atoms with Crippen molar-refractivity contribution in [2.45, 2.75) is 25.8 Å². The largest absolute Gasteiger partial charge is 0.348 e. The van der Waals surface area contributed by atoms with E-state index in [0.717, 1.165) is 0 Å². The number of halogens is 4. The van der Waals surface area contributed by atoms with Crippen LogP contribution in [-0.2, 0) is 4.79 Å². The topological polar surface area (TPSA) is 59.7 Å². The van der Waals surface area contributed by atoms with Gasteiger partial charge in [0.05, 0.1) is 35.6 Å². The first-order chi connectivity index (χ1) is 14.1. The average Bonchev–Trinajstić information content (AvgIpc) is 3.00. The zero-order valence-corrected chi connectivity index (χ0v) is 17.4. The van der Waals surface area contributed by atoms with Crippen LogP contribution in [0.25, 0.3) is 10.9 Å². The lowest BCUT2D eigenvalue weighted by Gasteiger charge is -2.42. The standard InChI is InChI=1S/C20H22ClF3N4O2/c1-11-3-4-13-15(16(11)21)17(22)18(25-13)19(30)28-6-5-27(7-12(28)2)14(29)8-26-9-20(23,24)10-26/h3-4,12,25H,5-10H2,1-2H3. The number of H-pyrrole nitrogens is 1. The Morgan fingerprint density at radius 2 is 1.97 bits per heavy atom. The number of alkyl halides is 2. The Hall–Kier alpha value is -2.26. The number of piperazine rings is 1. The van der Waals surface area contributed by atoms with E-state index in [0.29, 0.717) is 11.1 Å². The van der Waals surface area contributed by atoms with Crippen molar-refractivity contribution in [1.82, 2.24) is 19.7 Å². The van der Waals surface area contributed by atoms with E-state index in [2.05, 4.69) is 4.98 Å². The molecule has 1 aromatic heterocycles. The molecule has 0 saturated carbocycles. The van der Waals surface area contributed by atoms with Gasteiger partial charge < -0.3 is 14.8 Å². The molecule has 2 aromatic rings.